The van der Waals surface area contributed by atoms with E-state index >= 15 is 0 Å². The molecule has 1 aromatic heterocycles. The molecule has 0 saturated carbocycles. The molecule has 2 aromatic carbocycles. The number of rotatable bonds is 7. The van der Waals surface area contributed by atoms with Crippen molar-refractivity contribution in [3.05, 3.63) is 65.4 Å². The van der Waals surface area contributed by atoms with E-state index in [0.717, 1.165) is 11.1 Å². The number of anilines is 1. The number of sulfonamides is 1. The molecular formula is C21H24N2O4S. The fraction of sp³-hybridized carbons (Fsp3) is 0.286. The van der Waals surface area contributed by atoms with Gasteiger partial charge in [0.1, 0.15) is 5.76 Å². The van der Waals surface area contributed by atoms with Gasteiger partial charge in [0.2, 0.25) is 0 Å². The first-order valence-corrected chi connectivity index (χ1v) is 10.5. The first-order valence-electron chi connectivity index (χ1n) is 9.04. The van der Waals surface area contributed by atoms with Crippen molar-refractivity contribution in [2.24, 2.45) is 0 Å². The average molecular weight is 401 g/mol. The Morgan fingerprint density at radius 2 is 1.68 bits per heavy atom. The molecule has 0 unspecified atom stereocenters. The number of benzene rings is 2. The van der Waals surface area contributed by atoms with Crippen LogP contribution in [-0.4, -0.2) is 19.7 Å². The highest BCUT2D eigenvalue weighted by molar-refractivity contribution is 7.92. The third-order valence-electron chi connectivity index (χ3n) is 4.44. The predicted molar refractivity (Wildman–Crippen MR) is 109 cm³/mol. The summed E-state index contributed by atoms with van der Waals surface area (Å²) in [6.07, 6.45) is 0.0760. The summed E-state index contributed by atoms with van der Waals surface area (Å²) < 4.78 is 39.6. The van der Waals surface area contributed by atoms with Crippen molar-refractivity contribution in [1.82, 2.24) is 5.16 Å². The summed E-state index contributed by atoms with van der Waals surface area (Å²) in [5.74, 6) is 0.769. The molecule has 0 spiro atoms. The largest absolute Gasteiger partial charge is 0.374 e. The zero-order valence-electron chi connectivity index (χ0n) is 16.4. The number of aromatic nitrogens is 1. The Kier molecular flexibility index (Phi) is 5.86. The Hall–Kier alpha value is -2.64. The highest BCUT2D eigenvalue weighted by atomic mass is 32.2. The van der Waals surface area contributed by atoms with Crippen LogP contribution in [0.15, 0.2) is 57.9 Å². The van der Waals surface area contributed by atoms with Gasteiger partial charge in [-0.15, -0.1) is 0 Å². The molecule has 0 radical (unpaired) electrons. The number of hydrogen-bond acceptors (Lipinski definition) is 5. The lowest BCUT2D eigenvalue weighted by molar-refractivity contribution is 0.0660. The first-order chi connectivity index (χ1) is 13.3. The molecule has 28 heavy (non-hydrogen) atoms. The van der Waals surface area contributed by atoms with E-state index in [0.29, 0.717) is 23.5 Å². The van der Waals surface area contributed by atoms with Gasteiger partial charge < -0.3 is 9.26 Å². The number of hydrogen-bond donors (Lipinski definition) is 1. The Morgan fingerprint density at radius 3 is 2.32 bits per heavy atom. The van der Waals surface area contributed by atoms with Gasteiger partial charge in [-0.2, -0.15) is 0 Å². The molecule has 7 heteroatoms. The van der Waals surface area contributed by atoms with Crippen LogP contribution < -0.4 is 4.72 Å². The quantitative estimate of drug-likeness (QED) is 0.622. The molecule has 0 fully saturated rings. The van der Waals surface area contributed by atoms with Gasteiger partial charge >= 0.3 is 0 Å². The molecule has 0 bridgehead atoms. The van der Waals surface area contributed by atoms with E-state index in [-0.39, 0.29) is 16.8 Å². The average Bonchev–Trinajstić information content (AvgIpc) is 2.98. The lowest BCUT2D eigenvalue weighted by Crippen LogP contribution is -2.15. The maximum atomic E-state index is 13.1. The number of nitrogens with one attached hydrogen (secondary N) is 1. The molecule has 0 saturated heterocycles. The Bertz CT molecular complexity index is 1070. The van der Waals surface area contributed by atoms with E-state index in [4.69, 9.17) is 9.26 Å². The lowest BCUT2D eigenvalue weighted by Gasteiger charge is -2.15. The van der Waals surface area contributed by atoms with Crippen LogP contribution in [0.3, 0.4) is 0 Å². The summed E-state index contributed by atoms with van der Waals surface area (Å²) >= 11 is 0. The van der Waals surface area contributed by atoms with Gasteiger partial charge in [-0.1, -0.05) is 47.6 Å². The van der Waals surface area contributed by atoms with Gasteiger partial charge in [-0.3, -0.25) is 4.72 Å². The highest BCUT2D eigenvalue weighted by Crippen LogP contribution is 2.32. The third-order valence-corrected chi connectivity index (χ3v) is 5.84. The Labute approximate surface area is 165 Å². The minimum absolute atomic E-state index is 0.0760. The second-order valence-electron chi connectivity index (χ2n) is 6.83. The summed E-state index contributed by atoms with van der Waals surface area (Å²) in [4.78, 5) is 0.173. The van der Waals surface area contributed by atoms with Crippen LogP contribution in [0.1, 0.15) is 30.7 Å². The SMILES string of the molecule is Cc1onc(NS(=O)(=O)c2ccccc2-c2ccccc2COC(C)C)c1C. The van der Waals surface area contributed by atoms with E-state index in [1.807, 2.05) is 44.2 Å². The summed E-state index contributed by atoms with van der Waals surface area (Å²) in [5, 5.41) is 3.81. The first kappa shape index (κ1) is 20.1. The topological polar surface area (TPSA) is 81.4 Å². The van der Waals surface area contributed by atoms with Crippen molar-refractivity contribution in [2.75, 3.05) is 4.72 Å². The Balaban J connectivity index is 2.04. The van der Waals surface area contributed by atoms with E-state index in [1.165, 1.54) is 0 Å². The molecule has 0 aliphatic heterocycles. The minimum Gasteiger partial charge on any atom is -0.374 e. The molecule has 0 atom stereocenters. The summed E-state index contributed by atoms with van der Waals surface area (Å²) in [6, 6.07) is 14.5. The maximum absolute atomic E-state index is 13.1. The molecule has 148 valence electrons. The van der Waals surface area contributed by atoms with E-state index in [2.05, 4.69) is 9.88 Å². The fourth-order valence-electron chi connectivity index (χ4n) is 2.78. The van der Waals surface area contributed by atoms with Crippen molar-refractivity contribution in [3.8, 4) is 11.1 Å². The van der Waals surface area contributed by atoms with Crippen LogP contribution >= 0.6 is 0 Å². The molecule has 3 aromatic rings. The van der Waals surface area contributed by atoms with Crippen molar-refractivity contribution in [1.29, 1.82) is 0 Å². The molecule has 6 nitrogen and oxygen atoms in total. The van der Waals surface area contributed by atoms with Crippen LogP contribution in [0.4, 0.5) is 5.82 Å². The van der Waals surface area contributed by atoms with Gasteiger partial charge in [0.15, 0.2) is 5.82 Å². The van der Waals surface area contributed by atoms with Gasteiger partial charge in [0.05, 0.1) is 17.6 Å². The van der Waals surface area contributed by atoms with Gasteiger partial charge in [0, 0.05) is 11.1 Å². The Morgan fingerprint density at radius 1 is 1.04 bits per heavy atom. The smallest absolute Gasteiger partial charge is 0.263 e. The fourth-order valence-corrected chi connectivity index (χ4v) is 4.06. The second kappa shape index (κ2) is 8.16. The molecule has 0 amide bonds. The predicted octanol–water partition coefficient (Wildman–Crippen LogP) is 4.68. The van der Waals surface area contributed by atoms with Crippen LogP contribution in [0, 0.1) is 13.8 Å². The summed E-state index contributed by atoms with van der Waals surface area (Å²) in [7, 11) is -3.86. The molecule has 1 heterocycles. The third kappa shape index (κ3) is 4.26. The molecule has 1 N–H and O–H groups in total. The van der Waals surface area contributed by atoms with Crippen molar-refractivity contribution in [3.63, 3.8) is 0 Å². The zero-order chi connectivity index (χ0) is 20.3. The van der Waals surface area contributed by atoms with E-state index < -0.39 is 10.0 Å². The molecule has 3 rings (SSSR count). The lowest BCUT2D eigenvalue weighted by atomic mass is 10.00. The zero-order valence-corrected chi connectivity index (χ0v) is 17.2. The van der Waals surface area contributed by atoms with Crippen LogP contribution in [0.25, 0.3) is 11.1 Å². The van der Waals surface area contributed by atoms with Gasteiger partial charge in [-0.25, -0.2) is 8.42 Å². The van der Waals surface area contributed by atoms with Crippen molar-refractivity contribution < 1.29 is 17.7 Å². The van der Waals surface area contributed by atoms with Crippen molar-refractivity contribution in [2.45, 2.75) is 45.3 Å². The normalized spacial score (nSPS) is 11.8. The molecule has 0 aliphatic carbocycles. The van der Waals surface area contributed by atoms with Gasteiger partial charge in [-0.05, 0) is 44.9 Å². The highest BCUT2D eigenvalue weighted by Gasteiger charge is 2.23. The van der Waals surface area contributed by atoms with Crippen LogP contribution in [-0.2, 0) is 21.4 Å². The number of ether oxygens (including phenoxy) is 1. The molecular weight excluding hydrogens is 376 g/mol. The van der Waals surface area contributed by atoms with Crippen LogP contribution in [0.5, 0.6) is 0 Å². The monoisotopic (exact) mass is 400 g/mol. The maximum Gasteiger partial charge on any atom is 0.263 e. The number of aryl methyl sites for hydroxylation is 1. The van der Waals surface area contributed by atoms with Crippen molar-refractivity contribution >= 4 is 15.8 Å². The van der Waals surface area contributed by atoms with E-state index in [1.54, 1.807) is 32.0 Å². The van der Waals surface area contributed by atoms with Gasteiger partial charge in [0.25, 0.3) is 10.0 Å². The molecule has 0 aliphatic rings. The van der Waals surface area contributed by atoms with Crippen LogP contribution in [0.2, 0.25) is 0 Å². The minimum atomic E-state index is -3.86. The second-order valence-corrected chi connectivity index (χ2v) is 8.48. The number of nitrogens with zero attached hydrogens (tertiary/aromatic N) is 1. The van der Waals surface area contributed by atoms with E-state index in [9.17, 15) is 8.42 Å². The summed E-state index contributed by atoms with van der Waals surface area (Å²) in [5.41, 5.74) is 3.01. The standard InChI is InChI=1S/C21H24N2O4S/c1-14(2)26-13-17-9-5-6-10-18(17)19-11-7-8-12-20(19)28(24,25)23-21-15(3)16(4)27-22-21/h5-12,14H,13H2,1-4H3,(H,22,23). The summed E-state index contributed by atoms with van der Waals surface area (Å²) in [6.45, 7) is 7.82.